The number of nitrogens with one attached hydrogen (secondary N) is 2. The maximum Gasteiger partial charge on any atom is 0.315 e. The second-order valence-corrected chi connectivity index (χ2v) is 6.23. The van der Waals surface area contributed by atoms with Crippen LogP contribution in [-0.2, 0) is 6.54 Å². The molecule has 0 bridgehead atoms. The van der Waals surface area contributed by atoms with E-state index in [0.717, 1.165) is 17.7 Å². The summed E-state index contributed by atoms with van der Waals surface area (Å²) in [6.07, 6.45) is 2.14. The Morgan fingerprint density at radius 1 is 1.10 bits per heavy atom. The largest absolute Gasteiger partial charge is 0.335 e. The first-order valence-corrected chi connectivity index (χ1v) is 7.77. The minimum atomic E-state index is -0.137. The lowest BCUT2D eigenvalue weighted by Crippen LogP contribution is -2.36. The SMILES string of the molecule is O=C(NCc1ccc(C(=O)c2ccccc2)s1)NC1CC1. The van der Waals surface area contributed by atoms with Crippen molar-refractivity contribution in [2.24, 2.45) is 0 Å². The summed E-state index contributed by atoms with van der Waals surface area (Å²) >= 11 is 1.42. The number of carbonyl (C=O) groups excluding carboxylic acids is 2. The second kappa shape index (κ2) is 6.10. The van der Waals surface area contributed by atoms with Crippen LogP contribution in [0.5, 0.6) is 0 Å². The predicted molar refractivity (Wildman–Crippen MR) is 82.6 cm³/mol. The average Bonchev–Trinajstić information content (AvgIpc) is 3.19. The lowest BCUT2D eigenvalue weighted by Gasteiger charge is -2.04. The van der Waals surface area contributed by atoms with E-state index in [2.05, 4.69) is 10.6 Å². The first kappa shape index (κ1) is 13.8. The third-order valence-corrected chi connectivity index (χ3v) is 4.34. The zero-order valence-corrected chi connectivity index (χ0v) is 12.3. The number of amides is 2. The Morgan fingerprint density at radius 3 is 2.57 bits per heavy atom. The molecule has 21 heavy (non-hydrogen) atoms. The van der Waals surface area contributed by atoms with Crippen molar-refractivity contribution in [1.29, 1.82) is 0 Å². The highest BCUT2D eigenvalue weighted by Gasteiger charge is 2.23. The van der Waals surface area contributed by atoms with E-state index < -0.39 is 0 Å². The van der Waals surface area contributed by atoms with Crippen LogP contribution in [0.1, 0.15) is 33.0 Å². The number of thiophene rings is 1. The van der Waals surface area contributed by atoms with Gasteiger partial charge in [0.15, 0.2) is 0 Å². The van der Waals surface area contributed by atoms with Crippen molar-refractivity contribution < 1.29 is 9.59 Å². The molecule has 5 heteroatoms. The molecule has 1 heterocycles. The monoisotopic (exact) mass is 300 g/mol. The zero-order chi connectivity index (χ0) is 14.7. The number of urea groups is 1. The van der Waals surface area contributed by atoms with Crippen molar-refractivity contribution in [1.82, 2.24) is 10.6 Å². The summed E-state index contributed by atoms with van der Waals surface area (Å²) < 4.78 is 0. The highest BCUT2D eigenvalue weighted by molar-refractivity contribution is 7.14. The van der Waals surface area contributed by atoms with E-state index in [0.29, 0.717) is 23.0 Å². The molecule has 1 aromatic carbocycles. The Labute approximate surface area is 127 Å². The molecule has 2 aromatic rings. The molecular weight excluding hydrogens is 284 g/mol. The fourth-order valence-corrected chi connectivity index (χ4v) is 2.87. The van der Waals surface area contributed by atoms with Gasteiger partial charge in [-0.25, -0.2) is 4.79 Å². The molecule has 1 aliphatic rings. The van der Waals surface area contributed by atoms with Crippen molar-refractivity contribution in [3.63, 3.8) is 0 Å². The molecule has 0 radical (unpaired) electrons. The highest BCUT2D eigenvalue weighted by Crippen LogP contribution is 2.20. The fourth-order valence-electron chi connectivity index (χ4n) is 1.96. The number of carbonyl (C=O) groups is 2. The molecule has 108 valence electrons. The minimum absolute atomic E-state index is 0.0225. The van der Waals surface area contributed by atoms with Crippen LogP contribution >= 0.6 is 11.3 Å². The summed E-state index contributed by atoms with van der Waals surface area (Å²) in [6.45, 7) is 0.450. The third kappa shape index (κ3) is 3.70. The Bertz CT molecular complexity index is 647. The third-order valence-electron chi connectivity index (χ3n) is 3.26. The van der Waals surface area contributed by atoms with E-state index in [-0.39, 0.29) is 11.8 Å². The van der Waals surface area contributed by atoms with Crippen LogP contribution in [-0.4, -0.2) is 17.9 Å². The number of hydrogen-bond donors (Lipinski definition) is 2. The lowest BCUT2D eigenvalue weighted by atomic mass is 10.1. The fraction of sp³-hybridized carbons (Fsp3) is 0.250. The van der Waals surface area contributed by atoms with Crippen LogP contribution in [0.3, 0.4) is 0 Å². The number of rotatable bonds is 5. The van der Waals surface area contributed by atoms with Crippen molar-refractivity contribution in [2.45, 2.75) is 25.4 Å². The molecule has 2 N–H and O–H groups in total. The van der Waals surface area contributed by atoms with Crippen molar-refractivity contribution >= 4 is 23.2 Å². The standard InChI is InChI=1S/C16H16N2O2S/c19-15(11-4-2-1-3-5-11)14-9-8-13(21-14)10-17-16(20)18-12-6-7-12/h1-5,8-9,12H,6-7,10H2,(H2,17,18,20). The molecule has 1 fully saturated rings. The Kier molecular flexibility index (Phi) is 4.01. The van der Waals surface area contributed by atoms with E-state index in [9.17, 15) is 9.59 Å². The molecule has 1 aliphatic carbocycles. The topological polar surface area (TPSA) is 58.2 Å². The van der Waals surface area contributed by atoms with Gasteiger partial charge in [-0.15, -0.1) is 11.3 Å². The van der Waals surface area contributed by atoms with Crippen LogP contribution in [0.4, 0.5) is 4.79 Å². The Hall–Kier alpha value is -2.14. The molecule has 1 saturated carbocycles. The number of hydrogen-bond acceptors (Lipinski definition) is 3. The summed E-state index contributed by atoms with van der Waals surface area (Å²) in [4.78, 5) is 25.5. The summed E-state index contributed by atoms with van der Waals surface area (Å²) in [5.41, 5.74) is 0.685. The maximum absolute atomic E-state index is 12.3. The van der Waals surface area contributed by atoms with Gasteiger partial charge in [0.2, 0.25) is 5.78 Å². The van der Waals surface area contributed by atoms with Gasteiger partial charge in [0.25, 0.3) is 0 Å². The molecule has 4 nitrogen and oxygen atoms in total. The van der Waals surface area contributed by atoms with E-state index in [1.54, 1.807) is 0 Å². The zero-order valence-electron chi connectivity index (χ0n) is 11.5. The van der Waals surface area contributed by atoms with Gasteiger partial charge in [-0.2, -0.15) is 0 Å². The Balaban J connectivity index is 1.58. The second-order valence-electron chi connectivity index (χ2n) is 5.06. The maximum atomic E-state index is 12.3. The van der Waals surface area contributed by atoms with Gasteiger partial charge in [-0.1, -0.05) is 30.3 Å². The van der Waals surface area contributed by atoms with Crippen LogP contribution in [0.15, 0.2) is 42.5 Å². The molecule has 0 atom stereocenters. The summed E-state index contributed by atoms with van der Waals surface area (Å²) in [5, 5.41) is 5.68. The first-order chi connectivity index (χ1) is 10.2. The number of ketones is 1. The van der Waals surface area contributed by atoms with E-state index >= 15 is 0 Å². The summed E-state index contributed by atoms with van der Waals surface area (Å²) in [5.74, 6) is 0.0225. The van der Waals surface area contributed by atoms with Gasteiger partial charge < -0.3 is 10.6 Å². The van der Waals surface area contributed by atoms with Gasteiger partial charge >= 0.3 is 6.03 Å². The number of benzene rings is 1. The molecule has 0 saturated heterocycles. The summed E-state index contributed by atoms with van der Waals surface area (Å²) in [7, 11) is 0. The van der Waals surface area contributed by atoms with Crippen LogP contribution in [0.25, 0.3) is 0 Å². The molecule has 3 rings (SSSR count). The van der Waals surface area contributed by atoms with Gasteiger partial charge in [0, 0.05) is 16.5 Å². The first-order valence-electron chi connectivity index (χ1n) is 6.95. The van der Waals surface area contributed by atoms with Crippen LogP contribution < -0.4 is 10.6 Å². The van der Waals surface area contributed by atoms with Crippen molar-refractivity contribution in [3.8, 4) is 0 Å². The molecule has 0 aliphatic heterocycles. The molecule has 1 aromatic heterocycles. The van der Waals surface area contributed by atoms with Gasteiger partial charge in [-0.05, 0) is 25.0 Å². The highest BCUT2D eigenvalue weighted by atomic mass is 32.1. The van der Waals surface area contributed by atoms with Crippen molar-refractivity contribution in [3.05, 3.63) is 57.8 Å². The van der Waals surface area contributed by atoms with Gasteiger partial charge in [-0.3, -0.25) is 4.79 Å². The van der Waals surface area contributed by atoms with E-state index in [4.69, 9.17) is 0 Å². The van der Waals surface area contributed by atoms with E-state index in [1.807, 2.05) is 42.5 Å². The van der Waals surface area contributed by atoms with E-state index in [1.165, 1.54) is 11.3 Å². The molecule has 0 spiro atoms. The normalized spacial score (nSPS) is 13.7. The van der Waals surface area contributed by atoms with Crippen LogP contribution in [0.2, 0.25) is 0 Å². The molecule has 2 amide bonds. The molecular formula is C16H16N2O2S. The summed E-state index contributed by atoms with van der Waals surface area (Å²) in [6, 6.07) is 13.1. The predicted octanol–water partition coefficient (Wildman–Crippen LogP) is 2.94. The lowest BCUT2D eigenvalue weighted by molar-refractivity contribution is 0.104. The quantitative estimate of drug-likeness (QED) is 0.834. The van der Waals surface area contributed by atoms with Crippen molar-refractivity contribution in [2.75, 3.05) is 0 Å². The van der Waals surface area contributed by atoms with Gasteiger partial charge in [0.05, 0.1) is 11.4 Å². The minimum Gasteiger partial charge on any atom is -0.335 e. The Morgan fingerprint density at radius 2 is 1.86 bits per heavy atom. The smallest absolute Gasteiger partial charge is 0.315 e. The molecule has 0 unspecified atom stereocenters. The van der Waals surface area contributed by atoms with Crippen LogP contribution in [0, 0.1) is 0 Å². The van der Waals surface area contributed by atoms with Gasteiger partial charge in [0.1, 0.15) is 0 Å². The average molecular weight is 300 g/mol.